The first-order valence-electron chi connectivity index (χ1n) is 15.2. The summed E-state index contributed by atoms with van der Waals surface area (Å²) in [7, 11) is -15.3. The first-order chi connectivity index (χ1) is 25.0. The predicted molar refractivity (Wildman–Crippen MR) is 188 cm³/mol. The normalized spacial score (nSPS) is 15.1. The van der Waals surface area contributed by atoms with Crippen LogP contribution in [0.1, 0.15) is 23.5 Å². The number of benzene rings is 3. The molecule has 24 heteroatoms. The largest absolute Gasteiger partial charge is 2.00 e. The van der Waals surface area contributed by atoms with Gasteiger partial charge in [-0.25, -0.2) is 30.2 Å². The Labute approximate surface area is 401 Å². The quantitative estimate of drug-likeness (QED) is 0.0842. The average molecular weight is 902 g/mol. The van der Waals surface area contributed by atoms with E-state index in [-0.39, 0.29) is 118 Å². The van der Waals surface area contributed by atoms with Crippen LogP contribution in [0.25, 0.3) is 66.9 Å². The van der Waals surface area contributed by atoms with Gasteiger partial charge in [-0.2, -0.15) is 0 Å². The molecule has 6 aromatic rings. The van der Waals surface area contributed by atoms with Crippen molar-refractivity contribution >= 4 is 72.6 Å². The Balaban J connectivity index is 0.000000449. The van der Waals surface area contributed by atoms with Crippen LogP contribution in [0.5, 0.6) is 0 Å². The maximum absolute atomic E-state index is 9.20. The van der Waals surface area contributed by atoms with Crippen LogP contribution in [0, 0.1) is 0 Å². The topological polar surface area (TPSA) is 277 Å². The molecule has 0 fully saturated rings. The zero-order chi connectivity index (χ0) is 37.7. The van der Waals surface area contributed by atoms with Crippen molar-refractivity contribution in [2.75, 3.05) is 6.26 Å². The Morgan fingerprint density at radius 1 is 0.491 bits per heavy atom. The van der Waals surface area contributed by atoms with Crippen LogP contribution < -0.4 is 98.6 Å². The second-order valence-corrected chi connectivity index (χ2v) is 17.0. The van der Waals surface area contributed by atoms with Gasteiger partial charge in [-0.05, 0) is 21.5 Å². The number of hydrogen-bond donors (Lipinski definition) is 0. The van der Waals surface area contributed by atoms with Gasteiger partial charge in [0.2, 0.25) is 0 Å². The van der Waals surface area contributed by atoms with Crippen molar-refractivity contribution in [3.05, 3.63) is 109 Å². The van der Waals surface area contributed by atoms with Gasteiger partial charge in [0.15, 0.2) is 18.3 Å². The third-order valence-electron chi connectivity index (χ3n) is 7.94. The molecule has 0 saturated carbocycles. The van der Waals surface area contributed by atoms with Crippen LogP contribution in [0.3, 0.4) is 0 Å². The second kappa shape index (κ2) is 19.4. The molecule has 3 aliphatic rings. The summed E-state index contributed by atoms with van der Waals surface area (Å²) >= 11 is 0. The van der Waals surface area contributed by atoms with E-state index in [1.54, 1.807) is 0 Å². The third kappa shape index (κ3) is 10.9. The Kier molecular flexibility index (Phi) is 16.7. The summed E-state index contributed by atoms with van der Waals surface area (Å²) in [4.78, 5) is 39.5. The van der Waals surface area contributed by atoms with E-state index in [0.29, 0.717) is 52.1 Å². The predicted octanol–water partition coefficient (Wildman–Crippen LogP) is -6.05. The summed E-state index contributed by atoms with van der Waals surface area (Å²) in [6.07, 6.45) is 8.92. The molecule has 0 N–H and O–H groups in total. The van der Waals surface area contributed by atoms with Crippen LogP contribution in [-0.4, -0.2) is 75.1 Å². The van der Waals surface area contributed by atoms with Gasteiger partial charge >= 0.3 is 106 Å². The van der Waals surface area contributed by atoms with Gasteiger partial charge in [-0.1, -0.05) is 97.1 Å². The molecule has 8 bridgehead atoms. The van der Waals surface area contributed by atoms with Gasteiger partial charge in [-0.3, -0.25) is 4.98 Å². The Morgan fingerprint density at radius 2 is 0.789 bits per heavy atom. The first kappa shape index (κ1) is 49.1. The molecule has 279 valence electrons. The zero-order valence-corrected chi connectivity index (χ0v) is 39.6. The summed E-state index contributed by atoms with van der Waals surface area (Å²) in [5.41, 5.74) is 4.11. The minimum Gasteiger partial charge on any atom is -0.748 e. The van der Waals surface area contributed by atoms with Crippen molar-refractivity contribution < 1.29 is 145 Å². The van der Waals surface area contributed by atoms with E-state index in [2.05, 4.69) is 12.2 Å². The molecule has 2 atom stereocenters. The van der Waals surface area contributed by atoms with E-state index in [4.69, 9.17) is 52.8 Å². The average Bonchev–Trinajstić information content (AvgIpc) is 3.83. The summed E-state index contributed by atoms with van der Waals surface area (Å²) < 4.78 is 82.4. The van der Waals surface area contributed by atoms with Gasteiger partial charge in [0.1, 0.15) is 0 Å². The Morgan fingerprint density at radius 3 is 1.11 bits per heavy atom. The smallest absolute Gasteiger partial charge is 0.748 e. The molecular weight excluding hydrogens is 881 g/mol. The SMILES string of the molecule is C1=CC2c3nc(nc4[n-]c(nc5nc(nc6[n-]c(n3)c3ccccc63)-c3ccccc3-5)c3ccccc43)C2C=C1.CS(=O)(=O)[O-].O=S(=O)([O-])S(=O)(=O)[O-].[Cu+2].[Na+].[Na+].[Na+]. The maximum atomic E-state index is 9.20. The molecule has 1 aliphatic carbocycles. The van der Waals surface area contributed by atoms with Crippen LogP contribution in [-0.2, 0) is 45.5 Å². The molecule has 5 heterocycles. The van der Waals surface area contributed by atoms with Crippen molar-refractivity contribution in [1.29, 1.82) is 0 Å². The van der Waals surface area contributed by atoms with E-state index >= 15 is 0 Å². The monoisotopic (exact) mass is 901 g/mol. The third-order valence-corrected chi connectivity index (χ3v) is 9.94. The van der Waals surface area contributed by atoms with E-state index in [0.717, 1.165) is 32.7 Å². The molecule has 17 nitrogen and oxygen atoms in total. The van der Waals surface area contributed by atoms with Gasteiger partial charge in [0, 0.05) is 51.8 Å². The second-order valence-electron chi connectivity index (χ2n) is 11.5. The molecule has 2 aliphatic heterocycles. The minimum absolute atomic E-state index is 0. The van der Waals surface area contributed by atoms with Crippen molar-refractivity contribution in [2.45, 2.75) is 11.8 Å². The fourth-order valence-corrected chi connectivity index (χ4v) is 5.78. The van der Waals surface area contributed by atoms with Crippen molar-refractivity contribution in [3.63, 3.8) is 0 Å². The molecule has 2 unspecified atom stereocenters. The molecular formula is C33H21CuN8Na3O9S3. The van der Waals surface area contributed by atoms with E-state index in [1.807, 2.05) is 84.9 Å². The van der Waals surface area contributed by atoms with Crippen molar-refractivity contribution in [1.82, 2.24) is 39.9 Å². The van der Waals surface area contributed by atoms with E-state index in [9.17, 15) is 25.9 Å². The van der Waals surface area contributed by atoms with E-state index < -0.39 is 28.4 Å². The summed E-state index contributed by atoms with van der Waals surface area (Å²) in [6.45, 7) is 0. The molecule has 0 saturated heterocycles. The van der Waals surface area contributed by atoms with Gasteiger partial charge < -0.3 is 43.6 Å². The van der Waals surface area contributed by atoms with Gasteiger partial charge in [0.25, 0.3) is 0 Å². The molecule has 9 rings (SSSR count). The van der Waals surface area contributed by atoms with Crippen LogP contribution in [0.2, 0.25) is 0 Å². The number of allylic oxidation sites excluding steroid dienone is 4. The number of nitrogens with zero attached hydrogens (tertiary/aromatic N) is 8. The standard InChI is InChI=1S/C32H18N8.CH4O3S.Cu.3Na.H2O6S2/c1-2-10-18-17(9-1)25-33-26(18)38-28-21-13-5-6-14-22(21)30(35-28)40-32-24-16-8-7-15-23(24)31(36-32)39-29-20-12-4-3-11-19(20)27(34-29)37-25;1-5(2,3)4;;;;;1-7(2,3)8(4,5)6/h1-18H;1H3,(H,2,3,4);;;;;(H,1,2,3)(H,4,5,6)/q-2;;+2;3*+1;/p-3. The number of fused-ring (bicyclic) bond motifs is 20. The van der Waals surface area contributed by atoms with Gasteiger partial charge in [-0.15, -0.1) is 0 Å². The molecule has 1 radical (unpaired) electrons. The van der Waals surface area contributed by atoms with Gasteiger partial charge in [0.05, 0.1) is 33.4 Å². The fraction of sp³-hybridized carbons (Fsp3) is 0.0909. The van der Waals surface area contributed by atoms with Crippen LogP contribution >= 0.6 is 0 Å². The molecule has 0 amide bonds. The Bertz CT molecular complexity index is 2860. The number of hydrogen-bond acceptors (Lipinski definition) is 15. The van der Waals surface area contributed by atoms with Crippen LogP contribution in [0.4, 0.5) is 0 Å². The molecule has 0 spiro atoms. The number of rotatable bonds is 1. The molecule has 3 aromatic carbocycles. The molecule has 57 heavy (non-hydrogen) atoms. The zero-order valence-electron chi connectivity index (χ0n) is 30.2. The fourth-order valence-electron chi connectivity index (χ4n) is 5.78. The number of aromatic nitrogens is 8. The van der Waals surface area contributed by atoms with E-state index in [1.165, 1.54) is 0 Å². The minimum atomic E-state index is -5.67. The summed E-state index contributed by atoms with van der Waals surface area (Å²) in [5.74, 6) is 2.39. The summed E-state index contributed by atoms with van der Waals surface area (Å²) in [5, 5.41) is 3.65. The first-order valence-corrected chi connectivity index (χ1v) is 20.4. The Hall–Kier alpha value is -2.25. The molecule has 3 aromatic heterocycles. The maximum Gasteiger partial charge on any atom is 2.00 e. The van der Waals surface area contributed by atoms with Crippen molar-refractivity contribution in [2.24, 2.45) is 0 Å². The van der Waals surface area contributed by atoms with Crippen LogP contribution in [0.15, 0.2) is 97.1 Å². The summed E-state index contributed by atoms with van der Waals surface area (Å²) in [6, 6.07) is 24.0. The van der Waals surface area contributed by atoms with Crippen molar-refractivity contribution in [3.8, 4) is 22.8 Å².